The molecule has 1 saturated heterocycles. The molecule has 3 amide bonds. The molecule has 0 bridgehead atoms. The van der Waals surface area contributed by atoms with E-state index in [1.807, 2.05) is 0 Å². The molecule has 1 fully saturated rings. The van der Waals surface area contributed by atoms with Gasteiger partial charge in [-0.2, -0.15) is 0 Å². The molecule has 3 rings (SSSR count). The van der Waals surface area contributed by atoms with Crippen molar-refractivity contribution in [2.24, 2.45) is 0 Å². The van der Waals surface area contributed by atoms with Gasteiger partial charge in [0.05, 0.1) is 16.8 Å². The van der Waals surface area contributed by atoms with Gasteiger partial charge in [0.25, 0.3) is 0 Å². The third-order valence-corrected chi connectivity index (χ3v) is 3.23. The summed E-state index contributed by atoms with van der Waals surface area (Å²) in [5.41, 5.74) is 0.755. The maximum atomic E-state index is 11.9. The minimum atomic E-state index is -1.11. The molecule has 0 radical (unpaired) electrons. The van der Waals surface area contributed by atoms with Crippen LogP contribution < -0.4 is 10.2 Å². The summed E-state index contributed by atoms with van der Waals surface area (Å²) in [7, 11) is 0. The van der Waals surface area contributed by atoms with Crippen molar-refractivity contribution in [3.63, 3.8) is 0 Å². The first-order chi connectivity index (χ1) is 10.1. The summed E-state index contributed by atoms with van der Waals surface area (Å²) < 4.78 is 0. The van der Waals surface area contributed by atoms with Crippen molar-refractivity contribution >= 4 is 34.5 Å². The number of anilines is 1. The monoisotopic (exact) mass is 286 g/mol. The number of rotatable bonds is 2. The molecule has 0 unspecified atom stereocenters. The summed E-state index contributed by atoms with van der Waals surface area (Å²) in [6.07, 6.45) is 2.88. The topological polar surface area (TPSA) is 112 Å². The van der Waals surface area contributed by atoms with Crippen LogP contribution in [0.2, 0.25) is 0 Å². The second-order valence-electron chi connectivity index (χ2n) is 4.48. The highest BCUT2D eigenvalue weighted by molar-refractivity contribution is 6.12. The number of hydrogen-bond donors (Lipinski definition) is 2. The summed E-state index contributed by atoms with van der Waals surface area (Å²) in [6.45, 7) is 0.223. The van der Waals surface area contributed by atoms with E-state index in [4.69, 9.17) is 0 Å². The Labute approximate surface area is 118 Å². The Morgan fingerprint density at radius 1 is 1.33 bits per heavy atom. The molecule has 2 heterocycles. The number of aromatic carboxylic acids is 1. The van der Waals surface area contributed by atoms with Gasteiger partial charge in [-0.1, -0.05) is 0 Å². The predicted octanol–water partition coefficient (Wildman–Crippen LogP) is 0.774. The molecule has 0 atom stereocenters. The number of carboxylic acids is 1. The highest BCUT2D eigenvalue weighted by Crippen LogP contribution is 2.28. The second kappa shape index (κ2) is 4.82. The quantitative estimate of drug-likeness (QED) is 0.843. The molecule has 0 spiro atoms. The lowest BCUT2D eigenvalue weighted by Crippen LogP contribution is -2.49. The molecule has 0 aliphatic carbocycles. The van der Waals surface area contributed by atoms with Crippen LogP contribution in [0.4, 0.5) is 10.5 Å². The van der Waals surface area contributed by atoms with Crippen molar-refractivity contribution in [2.75, 3.05) is 11.4 Å². The summed E-state index contributed by atoms with van der Waals surface area (Å²) in [5.74, 6) is -1.44. The minimum absolute atomic E-state index is 0.0321. The summed E-state index contributed by atoms with van der Waals surface area (Å²) in [6, 6.07) is 2.36. The van der Waals surface area contributed by atoms with E-state index in [-0.39, 0.29) is 30.0 Å². The van der Waals surface area contributed by atoms with Crippen LogP contribution in [-0.2, 0) is 4.79 Å². The normalized spacial score (nSPS) is 15.1. The van der Waals surface area contributed by atoms with Gasteiger partial charge in [0.1, 0.15) is 6.33 Å². The zero-order chi connectivity index (χ0) is 15.0. The lowest BCUT2D eigenvalue weighted by atomic mass is 10.1. The van der Waals surface area contributed by atoms with E-state index in [9.17, 15) is 19.5 Å². The highest BCUT2D eigenvalue weighted by Gasteiger charge is 2.26. The molecule has 0 saturated carbocycles. The Kier molecular flexibility index (Phi) is 2.98. The van der Waals surface area contributed by atoms with Crippen LogP contribution >= 0.6 is 0 Å². The Bertz CT molecular complexity index is 774. The van der Waals surface area contributed by atoms with Crippen LogP contribution in [0.1, 0.15) is 16.8 Å². The van der Waals surface area contributed by atoms with Gasteiger partial charge in [0.15, 0.2) is 0 Å². The van der Waals surface area contributed by atoms with Crippen molar-refractivity contribution in [1.82, 2.24) is 15.3 Å². The fourth-order valence-electron chi connectivity index (χ4n) is 2.26. The summed E-state index contributed by atoms with van der Waals surface area (Å²) in [5, 5.41) is 11.8. The lowest BCUT2D eigenvalue weighted by molar-refractivity contribution is -0.120. The first-order valence-electron chi connectivity index (χ1n) is 6.15. The van der Waals surface area contributed by atoms with Crippen molar-refractivity contribution in [2.45, 2.75) is 6.42 Å². The van der Waals surface area contributed by atoms with Gasteiger partial charge in [-0.25, -0.2) is 19.6 Å². The Morgan fingerprint density at radius 2 is 2.14 bits per heavy atom. The van der Waals surface area contributed by atoms with Gasteiger partial charge in [-0.05, 0) is 12.1 Å². The number of carbonyl (C=O) groups excluding carboxylic acids is 2. The molecule has 1 aliphatic heterocycles. The molecule has 106 valence electrons. The number of urea groups is 1. The van der Waals surface area contributed by atoms with Crippen molar-refractivity contribution in [3.05, 3.63) is 30.2 Å². The smallest absolute Gasteiger partial charge is 0.337 e. The number of nitrogens with zero attached hydrogens (tertiary/aromatic N) is 3. The van der Waals surface area contributed by atoms with Crippen LogP contribution in [-0.4, -0.2) is 39.5 Å². The van der Waals surface area contributed by atoms with Gasteiger partial charge in [-0.15, -0.1) is 0 Å². The van der Waals surface area contributed by atoms with Gasteiger partial charge in [-0.3, -0.25) is 15.0 Å². The largest absolute Gasteiger partial charge is 0.478 e. The molecule has 1 aromatic heterocycles. The van der Waals surface area contributed by atoms with Crippen molar-refractivity contribution in [1.29, 1.82) is 0 Å². The first kappa shape index (κ1) is 13.0. The molecule has 8 heteroatoms. The number of carboxylic acid groups (broad SMARTS) is 1. The van der Waals surface area contributed by atoms with E-state index < -0.39 is 12.0 Å². The number of aromatic nitrogens is 2. The predicted molar refractivity (Wildman–Crippen MR) is 72.0 cm³/mol. The number of benzene rings is 1. The van der Waals surface area contributed by atoms with E-state index in [2.05, 4.69) is 15.3 Å². The molecular formula is C13H10N4O4. The fraction of sp³-hybridized carbons (Fsp3) is 0.154. The van der Waals surface area contributed by atoms with Crippen molar-refractivity contribution < 1.29 is 19.5 Å². The third-order valence-electron chi connectivity index (χ3n) is 3.23. The van der Waals surface area contributed by atoms with E-state index in [1.54, 1.807) is 0 Å². The molecule has 8 nitrogen and oxygen atoms in total. The Hall–Kier alpha value is -3.03. The number of carbonyl (C=O) groups is 3. The lowest BCUT2D eigenvalue weighted by Gasteiger charge is -2.27. The summed E-state index contributed by atoms with van der Waals surface area (Å²) >= 11 is 0. The maximum absolute atomic E-state index is 11.9. The molecule has 1 aliphatic rings. The average molecular weight is 286 g/mol. The molecular weight excluding hydrogens is 276 g/mol. The SMILES string of the molecule is O=C1CCN(c2ccc(C(=O)O)c3ncncc23)C(=O)N1. The number of hydrogen-bond acceptors (Lipinski definition) is 5. The van der Waals surface area contributed by atoms with Crippen molar-refractivity contribution in [3.8, 4) is 0 Å². The fourth-order valence-corrected chi connectivity index (χ4v) is 2.26. The molecule has 2 N–H and O–H groups in total. The third kappa shape index (κ3) is 2.16. The first-order valence-corrected chi connectivity index (χ1v) is 6.15. The Balaban J connectivity index is 2.16. The van der Waals surface area contributed by atoms with E-state index in [0.717, 1.165) is 0 Å². The molecule has 2 aromatic rings. The van der Waals surface area contributed by atoms with Gasteiger partial charge < -0.3 is 5.11 Å². The van der Waals surface area contributed by atoms with Gasteiger partial charge in [0.2, 0.25) is 5.91 Å². The van der Waals surface area contributed by atoms with E-state index >= 15 is 0 Å². The maximum Gasteiger partial charge on any atom is 0.337 e. The number of fused-ring (bicyclic) bond motifs is 1. The van der Waals surface area contributed by atoms with Crippen LogP contribution in [0, 0.1) is 0 Å². The summed E-state index contributed by atoms with van der Waals surface area (Å²) in [4.78, 5) is 43.5. The van der Waals surface area contributed by atoms with E-state index in [1.165, 1.54) is 29.6 Å². The molecule has 21 heavy (non-hydrogen) atoms. The minimum Gasteiger partial charge on any atom is -0.478 e. The van der Waals surface area contributed by atoms with Crippen LogP contribution in [0.25, 0.3) is 10.9 Å². The highest BCUT2D eigenvalue weighted by atomic mass is 16.4. The average Bonchev–Trinajstić information content (AvgIpc) is 2.46. The van der Waals surface area contributed by atoms with Crippen LogP contribution in [0.3, 0.4) is 0 Å². The standard InChI is InChI=1S/C13H10N4O4/c18-10-3-4-17(13(21)16-10)9-2-1-7(12(19)20)11-8(9)5-14-6-15-11/h1-2,5-6H,3-4H2,(H,19,20)(H,16,18,21). The Morgan fingerprint density at radius 3 is 2.86 bits per heavy atom. The second-order valence-corrected chi connectivity index (χ2v) is 4.48. The van der Waals surface area contributed by atoms with Crippen LogP contribution in [0.5, 0.6) is 0 Å². The zero-order valence-electron chi connectivity index (χ0n) is 10.7. The number of imide groups is 1. The molecule has 1 aromatic carbocycles. The van der Waals surface area contributed by atoms with Gasteiger partial charge in [0, 0.05) is 24.5 Å². The van der Waals surface area contributed by atoms with Gasteiger partial charge >= 0.3 is 12.0 Å². The zero-order valence-corrected chi connectivity index (χ0v) is 10.7. The number of amides is 3. The van der Waals surface area contributed by atoms with Crippen LogP contribution in [0.15, 0.2) is 24.7 Å². The van der Waals surface area contributed by atoms with E-state index in [0.29, 0.717) is 11.1 Å². The number of nitrogens with one attached hydrogen (secondary N) is 1.